The van der Waals surface area contributed by atoms with Crippen LogP contribution >= 0.6 is 0 Å². The van der Waals surface area contributed by atoms with Crippen molar-refractivity contribution in [1.29, 1.82) is 0 Å². The van der Waals surface area contributed by atoms with Gasteiger partial charge >= 0.3 is 23.9 Å². The number of ether oxygens (including phenoxy) is 6. The van der Waals surface area contributed by atoms with Crippen LogP contribution in [0.1, 0.15) is 78.3 Å². The van der Waals surface area contributed by atoms with Crippen LogP contribution in [0, 0.1) is 13.8 Å². The van der Waals surface area contributed by atoms with E-state index in [9.17, 15) is 19.2 Å². The van der Waals surface area contributed by atoms with Crippen LogP contribution < -0.4 is 18.9 Å². The lowest BCUT2D eigenvalue weighted by atomic mass is 9.65. The fourth-order valence-electron chi connectivity index (χ4n) is 6.93. The van der Waals surface area contributed by atoms with Crippen molar-refractivity contribution in [1.82, 2.24) is 0 Å². The quantitative estimate of drug-likeness (QED) is 0.0421. The molecule has 0 amide bonds. The molecule has 4 aromatic carbocycles. The van der Waals surface area contributed by atoms with E-state index in [-0.39, 0.29) is 43.8 Å². The van der Waals surface area contributed by atoms with E-state index >= 15 is 0 Å². The summed E-state index contributed by atoms with van der Waals surface area (Å²) in [7, 11) is 0. The minimum absolute atomic E-state index is 0.204. The number of esters is 4. The van der Waals surface area contributed by atoms with Gasteiger partial charge in [-0.15, -0.1) is 0 Å². The van der Waals surface area contributed by atoms with Crippen molar-refractivity contribution >= 4 is 23.9 Å². The lowest BCUT2D eigenvalue weighted by Gasteiger charge is -2.38. The van der Waals surface area contributed by atoms with E-state index < -0.39 is 11.9 Å². The van der Waals surface area contributed by atoms with Gasteiger partial charge in [-0.2, -0.15) is 0 Å². The Labute approximate surface area is 328 Å². The number of benzene rings is 4. The van der Waals surface area contributed by atoms with Crippen molar-refractivity contribution < 1.29 is 47.6 Å². The molecule has 0 radical (unpaired) electrons. The molecule has 10 nitrogen and oxygen atoms in total. The first-order chi connectivity index (χ1) is 27.1. The first kappa shape index (κ1) is 41.0. The predicted molar refractivity (Wildman–Crippen MR) is 211 cm³/mol. The average molecular weight is 761 g/mol. The zero-order chi connectivity index (χ0) is 39.9. The van der Waals surface area contributed by atoms with Gasteiger partial charge in [-0.1, -0.05) is 68.8 Å². The van der Waals surface area contributed by atoms with E-state index in [1.165, 1.54) is 6.42 Å². The van der Waals surface area contributed by atoms with Crippen molar-refractivity contribution in [2.45, 2.75) is 77.0 Å². The Morgan fingerprint density at radius 3 is 1.34 bits per heavy atom. The molecule has 0 saturated heterocycles. The summed E-state index contributed by atoms with van der Waals surface area (Å²) >= 11 is 0. The van der Waals surface area contributed by atoms with Crippen LogP contribution in [0.25, 0.3) is 0 Å². The zero-order valence-electron chi connectivity index (χ0n) is 32.0. The van der Waals surface area contributed by atoms with Crippen LogP contribution in [0.5, 0.6) is 23.0 Å². The van der Waals surface area contributed by atoms with Gasteiger partial charge in [0.25, 0.3) is 0 Å². The minimum atomic E-state index is -0.559. The Kier molecular flexibility index (Phi) is 14.6. The fourth-order valence-corrected chi connectivity index (χ4v) is 6.93. The van der Waals surface area contributed by atoms with Crippen molar-refractivity contribution in [3.63, 3.8) is 0 Å². The van der Waals surface area contributed by atoms with Crippen LogP contribution in [-0.2, 0) is 46.9 Å². The maximum Gasteiger partial charge on any atom is 0.333 e. The molecule has 10 heteroatoms. The number of hydrogen-bond acceptors (Lipinski definition) is 10. The summed E-state index contributed by atoms with van der Waals surface area (Å²) < 4.78 is 32.0. The summed E-state index contributed by atoms with van der Waals surface area (Å²) in [4.78, 5) is 48.0. The molecule has 0 heterocycles. The molecule has 5 rings (SSSR count). The lowest BCUT2D eigenvalue weighted by Crippen LogP contribution is -2.30. The van der Waals surface area contributed by atoms with Gasteiger partial charge in [-0.05, 0) is 121 Å². The van der Waals surface area contributed by atoms with E-state index in [0.717, 1.165) is 71.2 Å². The standard InChI is InChI=1S/C46H48O10/c1-5-42(47)53-30-51-40-18-10-34(32(3)28-40)12-24-44(49)55-38-20-14-36(15-21-38)46(26-8-7-9-27-46)37-16-22-39(23-17-37)56-45(50)25-13-35-11-19-41(29-33(35)4)52-31-54-43(48)6-2/h5-6,10-11,14-23,28-29H,1-2,7-9,12-13,24-27,30-31H2,3-4H3. The second-order valence-electron chi connectivity index (χ2n) is 13.7. The van der Waals surface area contributed by atoms with Gasteiger partial charge in [-0.25, -0.2) is 9.59 Å². The number of carbonyl (C=O) groups is 4. The van der Waals surface area contributed by atoms with Crippen molar-refractivity contribution in [2.24, 2.45) is 0 Å². The highest BCUT2D eigenvalue weighted by Gasteiger charge is 2.35. The summed E-state index contributed by atoms with van der Waals surface area (Å²) in [6, 6.07) is 26.6. The number of aryl methyl sites for hydroxylation is 4. The molecule has 0 unspecified atom stereocenters. The van der Waals surface area contributed by atoms with Crippen LogP contribution in [-0.4, -0.2) is 37.5 Å². The molecule has 0 atom stereocenters. The normalized spacial score (nSPS) is 13.1. The molecule has 4 aromatic rings. The largest absolute Gasteiger partial charge is 0.457 e. The number of rotatable bonds is 18. The Hall–Kier alpha value is -6.16. The molecular weight excluding hydrogens is 712 g/mol. The highest BCUT2D eigenvalue weighted by molar-refractivity contribution is 5.81. The summed E-state index contributed by atoms with van der Waals surface area (Å²) in [5.41, 5.74) is 5.99. The monoisotopic (exact) mass is 760 g/mol. The lowest BCUT2D eigenvalue weighted by molar-refractivity contribution is -0.145. The number of hydrogen-bond donors (Lipinski definition) is 0. The molecule has 292 valence electrons. The van der Waals surface area contributed by atoms with Crippen LogP contribution in [0.3, 0.4) is 0 Å². The van der Waals surface area contributed by atoms with Crippen LogP contribution in [0.4, 0.5) is 0 Å². The third-order valence-corrected chi connectivity index (χ3v) is 10.00. The average Bonchev–Trinajstić information content (AvgIpc) is 3.20. The first-order valence-corrected chi connectivity index (χ1v) is 18.7. The Morgan fingerprint density at radius 1 is 0.571 bits per heavy atom. The predicted octanol–water partition coefficient (Wildman–Crippen LogP) is 8.76. The smallest absolute Gasteiger partial charge is 0.333 e. The molecule has 0 spiro atoms. The van der Waals surface area contributed by atoms with Gasteiger partial charge in [0.2, 0.25) is 13.6 Å². The molecule has 1 saturated carbocycles. The van der Waals surface area contributed by atoms with Gasteiger partial charge in [0.15, 0.2) is 0 Å². The molecule has 1 aliphatic carbocycles. The van der Waals surface area contributed by atoms with Gasteiger partial charge in [-0.3, -0.25) is 9.59 Å². The van der Waals surface area contributed by atoms with Crippen LogP contribution in [0.15, 0.2) is 110 Å². The van der Waals surface area contributed by atoms with E-state index in [4.69, 9.17) is 28.4 Å². The van der Waals surface area contributed by atoms with Gasteiger partial charge in [0.05, 0.1) is 0 Å². The molecule has 0 aromatic heterocycles. The molecule has 1 fully saturated rings. The van der Waals surface area contributed by atoms with E-state index in [1.54, 1.807) is 12.1 Å². The van der Waals surface area contributed by atoms with Gasteiger partial charge in [0.1, 0.15) is 23.0 Å². The van der Waals surface area contributed by atoms with Crippen molar-refractivity contribution in [2.75, 3.05) is 13.6 Å². The molecule has 0 aliphatic heterocycles. The van der Waals surface area contributed by atoms with E-state index in [0.29, 0.717) is 35.8 Å². The third kappa shape index (κ3) is 11.4. The summed E-state index contributed by atoms with van der Waals surface area (Å²) in [5.74, 6) is 0.335. The SMILES string of the molecule is C=CC(=O)OCOc1ccc(CCC(=O)Oc2ccc(C3(c4ccc(OC(=O)CCc5ccc(OCOC(=O)C=C)cc5C)cc4)CCCCC3)cc2)c(C)c1. The summed E-state index contributed by atoms with van der Waals surface area (Å²) in [6.45, 7) is 10.1. The Bertz CT molecular complexity index is 1870. The molecule has 0 N–H and O–H groups in total. The van der Waals surface area contributed by atoms with E-state index in [2.05, 4.69) is 37.4 Å². The highest BCUT2D eigenvalue weighted by atomic mass is 16.7. The van der Waals surface area contributed by atoms with E-state index in [1.807, 2.05) is 62.4 Å². The second-order valence-corrected chi connectivity index (χ2v) is 13.7. The molecule has 56 heavy (non-hydrogen) atoms. The topological polar surface area (TPSA) is 124 Å². The van der Waals surface area contributed by atoms with Crippen LogP contribution in [0.2, 0.25) is 0 Å². The molecule has 0 bridgehead atoms. The van der Waals surface area contributed by atoms with Crippen molar-refractivity contribution in [3.8, 4) is 23.0 Å². The second kappa shape index (κ2) is 20.0. The molecule has 1 aliphatic rings. The summed E-state index contributed by atoms with van der Waals surface area (Å²) in [6.07, 6.45) is 8.91. The first-order valence-electron chi connectivity index (χ1n) is 18.7. The summed E-state index contributed by atoms with van der Waals surface area (Å²) in [5, 5.41) is 0. The van der Waals surface area contributed by atoms with Gasteiger partial charge < -0.3 is 28.4 Å². The zero-order valence-corrected chi connectivity index (χ0v) is 32.0. The third-order valence-electron chi connectivity index (χ3n) is 10.00. The van der Waals surface area contributed by atoms with Gasteiger partial charge in [0, 0.05) is 30.4 Å². The Balaban J connectivity index is 1.13. The highest BCUT2D eigenvalue weighted by Crippen LogP contribution is 2.45. The Morgan fingerprint density at radius 2 is 0.964 bits per heavy atom. The fraction of sp³-hybridized carbons (Fsp3) is 0.304. The van der Waals surface area contributed by atoms with Crippen molar-refractivity contribution in [3.05, 3.63) is 144 Å². The molecular formula is C46H48O10. The number of carbonyl (C=O) groups excluding carboxylic acids is 4. The minimum Gasteiger partial charge on any atom is -0.457 e. The maximum atomic E-state index is 12.8. The maximum absolute atomic E-state index is 12.8.